The third-order valence-electron chi connectivity index (χ3n) is 4.53. The first-order valence-corrected chi connectivity index (χ1v) is 8.45. The van der Waals surface area contributed by atoms with Gasteiger partial charge in [-0.25, -0.2) is 0 Å². The Morgan fingerprint density at radius 1 is 1.12 bits per heavy atom. The molecule has 2 heterocycles. The van der Waals surface area contributed by atoms with E-state index in [1.54, 1.807) is 0 Å². The van der Waals surface area contributed by atoms with Crippen LogP contribution in [0.25, 0.3) is 0 Å². The molecule has 2 aromatic rings. The lowest BCUT2D eigenvalue weighted by atomic mass is 9.97. The molecule has 5 heteroatoms. The van der Waals surface area contributed by atoms with Gasteiger partial charge in [-0.1, -0.05) is 12.1 Å². The number of amides is 1. The fourth-order valence-electron chi connectivity index (χ4n) is 3.12. The quantitative estimate of drug-likeness (QED) is 0.853. The maximum absolute atomic E-state index is 11.4. The summed E-state index contributed by atoms with van der Waals surface area (Å²) in [5.74, 6) is -0.211. The van der Waals surface area contributed by atoms with Crippen molar-refractivity contribution in [2.24, 2.45) is 11.7 Å². The van der Waals surface area contributed by atoms with Gasteiger partial charge in [0.05, 0.1) is 5.92 Å². The van der Waals surface area contributed by atoms with Gasteiger partial charge in [0.15, 0.2) is 0 Å². The van der Waals surface area contributed by atoms with Gasteiger partial charge >= 0.3 is 0 Å². The summed E-state index contributed by atoms with van der Waals surface area (Å²) in [4.78, 5) is 17.7. The van der Waals surface area contributed by atoms with E-state index >= 15 is 0 Å². The van der Waals surface area contributed by atoms with Gasteiger partial charge in [-0.05, 0) is 48.2 Å². The summed E-state index contributed by atoms with van der Waals surface area (Å²) in [5, 5.41) is 3.44. The molecule has 1 fully saturated rings. The third-order valence-corrected chi connectivity index (χ3v) is 4.53. The number of rotatable bonds is 6. The molecule has 1 amide bonds. The summed E-state index contributed by atoms with van der Waals surface area (Å²) in [6.45, 7) is 3.38. The maximum atomic E-state index is 11.4. The van der Waals surface area contributed by atoms with Crippen LogP contribution < -0.4 is 16.0 Å². The standard InChI is InChI=1S/C19H24N4O/c20-19(24)17-2-1-11-23(14-17)18-5-3-15(4-6-18)12-22-13-16-7-9-21-10-8-16/h3-10,17,22H,1-2,11-14H2,(H2,20,24). The average molecular weight is 324 g/mol. The largest absolute Gasteiger partial charge is 0.371 e. The second kappa shape index (κ2) is 7.93. The average Bonchev–Trinajstić information content (AvgIpc) is 2.63. The molecule has 0 bridgehead atoms. The zero-order valence-electron chi connectivity index (χ0n) is 13.8. The first-order chi connectivity index (χ1) is 11.7. The third kappa shape index (κ3) is 4.32. The molecule has 3 N–H and O–H groups in total. The van der Waals surface area contributed by atoms with Gasteiger partial charge in [-0.3, -0.25) is 9.78 Å². The van der Waals surface area contributed by atoms with Crippen molar-refractivity contribution < 1.29 is 4.79 Å². The minimum atomic E-state index is -0.184. The fraction of sp³-hybridized carbons (Fsp3) is 0.368. The van der Waals surface area contributed by atoms with E-state index in [1.165, 1.54) is 16.8 Å². The Morgan fingerprint density at radius 3 is 2.46 bits per heavy atom. The van der Waals surface area contributed by atoms with Gasteiger partial charge in [-0.2, -0.15) is 0 Å². The summed E-state index contributed by atoms with van der Waals surface area (Å²) in [6, 6.07) is 12.6. The van der Waals surface area contributed by atoms with Gasteiger partial charge in [0, 0.05) is 44.3 Å². The number of benzene rings is 1. The van der Waals surface area contributed by atoms with E-state index in [-0.39, 0.29) is 11.8 Å². The number of primary amides is 1. The van der Waals surface area contributed by atoms with E-state index in [0.717, 1.165) is 39.0 Å². The van der Waals surface area contributed by atoms with E-state index < -0.39 is 0 Å². The molecule has 1 aliphatic rings. The van der Waals surface area contributed by atoms with Crippen LogP contribution in [0.2, 0.25) is 0 Å². The molecule has 126 valence electrons. The minimum Gasteiger partial charge on any atom is -0.371 e. The molecule has 24 heavy (non-hydrogen) atoms. The number of nitrogens with zero attached hydrogens (tertiary/aromatic N) is 2. The zero-order chi connectivity index (χ0) is 16.8. The Bertz CT molecular complexity index is 657. The molecule has 1 aromatic heterocycles. The number of anilines is 1. The smallest absolute Gasteiger partial charge is 0.222 e. The van der Waals surface area contributed by atoms with Crippen molar-refractivity contribution in [1.82, 2.24) is 10.3 Å². The summed E-state index contributed by atoms with van der Waals surface area (Å²) in [7, 11) is 0. The zero-order valence-corrected chi connectivity index (χ0v) is 13.8. The van der Waals surface area contributed by atoms with Crippen LogP contribution in [0.1, 0.15) is 24.0 Å². The van der Waals surface area contributed by atoms with Crippen LogP contribution in [-0.2, 0) is 17.9 Å². The number of carbonyl (C=O) groups is 1. The molecule has 1 aromatic carbocycles. The van der Waals surface area contributed by atoms with Gasteiger partial charge in [0.2, 0.25) is 5.91 Å². The molecule has 0 radical (unpaired) electrons. The molecule has 5 nitrogen and oxygen atoms in total. The molecule has 1 aliphatic heterocycles. The van der Waals surface area contributed by atoms with Crippen LogP contribution in [-0.4, -0.2) is 24.0 Å². The lowest BCUT2D eigenvalue weighted by Gasteiger charge is -2.33. The number of carbonyl (C=O) groups excluding carboxylic acids is 1. The number of nitrogens with one attached hydrogen (secondary N) is 1. The van der Waals surface area contributed by atoms with Crippen molar-refractivity contribution in [1.29, 1.82) is 0 Å². The Labute approximate surface area is 142 Å². The van der Waals surface area contributed by atoms with Crippen LogP contribution in [0.3, 0.4) is 0 Å². The normalized spacial score (nSPS) is 17.7. The van der Waals surface area contributed by atoms with Gasteiger partial charge in [0.1, 0.15) is 0 Å². The predicted molar refractivity (Wildman–Crippen MR) is 95.4 cm³/mol. The highest BCUT2D eigenvalue weighted by Gasteiger charge is 2.23. The maximum Gasteiger partial charge on any atom is 0.222 e. The summed E-state index contributed by atoms with van der Waals surface area (Å²) in [5.41, 5.74) is 9.10. The van der Waals surface area contributed by atoms with Crippen LogP contribution in [0, 0.1) is 5.92 Å². The summed E-state index contributed by atoms with van der Waals surface area (Å²) >= 11 is 0. The first kappa shape index (κ1) is 16.5. The second-order valence-electron chi connectivity index (χ2n) is 6.31. The van der Waals surface area contributed by atoms with Crippen LogP contribution in [0.4, 0.5) is 5.69 Å². The molecule has 1 unspecified atom stereocenters. The highest BCUT2D eigenvalue weighted by molar-refractivity contribution is 5.77. The van der Waals surface area contributed by atoms with Gasteiger partial charge in [0.25, 0.3) is 0 Å². The van der Waals surface area contributed by atoms with Crippen molar-refractivity contribution in [3.05, 3.63) is 59.9 Å². The topological polar surface area (TPSA) is 71.2 Å². The molecular weight excluding hydrogens is 300 g/mol. The van der Waals surface area contributed by atoms with Crippen LogP contribution in [0.5, 0.6) is 0 Å². The van der Waals surface area contributed by atoms with Crippen molar-refractivity contribution in [2.45, 2.75) is 25.9 Å². The van der Waals surface area contributed by atoms with Crippen molar-refractivity contribution in [2.75, 3.05) is 18.0 Å². The minimum absolute atomic E-state index is 0.0274. The number of aromatic nitrogens is 1. The lowest BCUT2D eigenvalue weighted by molar-refractivity contribution is -0.122. The summed E-state index contributed by atoms with van der Waals surface area (Å²) in [6.07, 6.45) is 5.54. The molecule has 3 rings (SSSR count). The van der Waals surface area contributed by atoms with E-state index in [2.05, 4.69) is 39.5 Å². The summed E-state index contributed by atoms with van der Waals surface area (Å²) < 4.78 is 0. The molecule has 0 spiro atoms. The Morgan fingerprint density at radius 2 is 1.79 bits per heavy atom. The molecule has 0 aliphatic carbocycles. The van der Waals surface area contributed by atoms with Gasteiger partial charge in [-0.15, -0.1) is 0 Å². The molecule has 1 atom stereocenters. The van der Waals surface area contributed by atoms with E-state index in [4.69, 9.17) is 5.73 Å². The van der Waals surface area contributed by atoms with E-state index in [0.29, 0.717) is 0 Å². The highest BCUT2D eigenvalue weighted by atomic mass is 16.1. The highest BCUT2D eigenvalue weighted by Crippen LogP contribution is 2.23. The van der Waals surface area contributed by atoms with Crippen molar-refractivity contribution in [3.8, 4) is 0 Å². The van der Waals surface area contributed by atoms with Gasteiger partial charge < -0.3 is 16.0 Å². The molecular formula is C19H24N4O. The number of hydrogen-bond acceptors (Lipinski definition) is 4. The first-order valence-electron chi connectivity index (χ1n) is 8.45. The Hall–Kier alpha value is -2.40. The predicted octanol–water partition coefficient (Wildman–Crippen LogP) is 2.07. The molecule has 0 saturated carbocycles. The number of pyridine rings is 1. The van der Waals surface area contributed by atoms with E-state index in [1.807, 2.05) is 24.5 Å². The van der Waals surface area contributed by atoms with Crippen molar-refractivity contribution in [3.63, 3.8) is 0 Å². The Balaban J connectivity index is 1.52. The number of hydrogen-bond donors (Lipinski definition) is 2. The van der Waals surface area contributed by atoms with Crippen molar-refractivity contribution >= 4 is 11.6 Å². The Kier molecular flexibility index (Phi) is 5.43. The fourth-order valence-corrected chi connectivity index (χ4v) is 3.12. The lowest BCUT2D eigenvalue weighted by Crippen LogP contribution is -2.41. The van der Waals surface area contributed by atoms with E-state index in [9.17, 15) is 4.79 Å². The second-order valence-corrected chi connectivity index (χ2v) is 6.31. The number of nitrogens with two attached hydrogens (primary N) is 1. The molecule has 1 saturated heterocycles. The SMILES string of the molecule is NC(=O)C1CCCN(c2ccc(CNCc3ccncc3)cc2)C1. The van der Waals surface area contributed by atoms with Crippen LogP contribution in [0.15, 0.2) is 48.8 Å². The number of piperidine rings is 1. The van der Waals surface area contributed by atoms with Crippen LogP contribution >= 0.6 is 0 Å². The monoisotopic (exact) mass is 324 g/mol.